The number of fused-ring (bicyclic) bond motifs is 1. The number of pyridine rings is 1. The molecule has 1 aromatic heterocycles. The van der Waals surface area contributed by atoms with E-state index in [2.05, 4.69) is 33.8 Å². The molecular weight excluding hydrogens is 210 g/mol. The molecule has 1 aromatic carbocycles. The molecule has 1 heterocycles. The molecule has 0 aliphatic carbocycles. The Morgan fingerprint density at radius 1 is 1.06 bits per heavy atom. The number of benzene rings is 1. The number of hydrogen-bond acceptors (Lipinski definition) is 1. The molecule has 0 aliphatic rings. The van der Waals surface area contributed by atoms with Crippen LogP contribution < -0.4 is 5.56 Å². The van der Waals surface area contributed by atoms with E-state index in [4.69, 9.17) is 0 Å². The van der Waals surface area contributed by atoms with Gasteiger partial charge in [-0.3, -0.25) is 4.79 Å². The molecular formula is C15H19NO. The predicted molar refractivity (Wildman–Crippen MR) is 72.7 cm³/mol. The number of rotatable bonds is 2. The van der Waals surface area contributed by atoms with Gasteiger partial charge < -0.3 is 4.57 Å². The van der Waals surface area contributed by atoms with Gasteiger partial charge in [0.05, 0.1) is 0 Å². The molecule has 0 saturated heterocycles. The Labute approximate surface area is 102 Å². The van der Waals surface area contributed by atoms with E-state index >= 15 is 0 Å². The van der Waals surface area contributed by atoms with Crippen LogP contribution in [0.3, 0.4) is 0 Å². The zero-order valence-electron chi connectivity index (χ0n) is 10.9. The lowest BCUT2D eigenvalue weighted by Gasteiger charge is -2.20. The number of hydrogen-bond donors (Lipinski definition) is 0. The molecule has 0 radical (unpaired) electrons. The lowest BCUT2D eigenvalue weighted by molar-refractivity contribution is 0.539. The van der Waals surface area contributed by atoms with Crippen LogP contribution in [0.4, 0.5) is 0 Å². The molecule has 0 bridgehead atoms. The molecule has 0 amide bonds. The first-order valence-electron chi connectivity index (χ1n) is 6.16. The zero-order valence-corrected chi connectivity index (χ0v) is 10.9. The smallest absolute Gasteiger partial charge is 0.258 e. The summed E-state index contributed by atoms with van der Waals surface area (Å²) in [5.41, 5.74) is 1.24. The standard InChI is InChI=1S/C15H19NO/c1-10(2)14-9-12-7-5-6-8-13(12)15(17)16(14)11(3)4/h5-11H,1-4H3. The molecule has 0 aliphatic heterocycles. The van der Waals surface area contributed by atoms with Crippen molar-refractivity contribution in [3.05, 3.63) is 46.4 Å². The Hall–Kier alpha value is -1.57. The van der Waals surface area contributed by atoms with Crippen molar-refractivity contribution in [2.24, 2.45) is 0 Å². The maximum absolute atomic E-state index is 12.5. The summed E-state index contributed by atoms with van der Waals surface area (Å²) in [6.45, 7) is 8.37. The van der Waals surface area contributed by atoms with Crippen LogP contribution in [0.15, 0.2) is 35.1 Å². The fraction of sp³-hybridized carbons (Fsp3) is 0.400. The van der Waals surface area contributed by atoms with Crippen molar-refractivity contribution in [3.8, 4) is 0 Å². The minimum atomic E-state index is 0.127. The topological polar surface area (TPSA) is 22.0 Å². The van der Waals surface area contributed by atoms with Gasteiger partial charge in [-0.25, -0.2) is 0 Å². The van der Waals surface area contributed by atoms with E-state index in [0.717, 1.165) is 16.5 Å². The summed E-state index contributed by atoms with van der Waals surface area (Å²) in [5, 5.41) is 1.85. The Balaban J connectivity index is 2.89. The normalized spacial score (nSPS) is 11.6. The van der Waals surface area contributed by atoms with Crippen molar-refractivity contribution in [2.45, 2.75) is 39.7 Å². The van der Waals surface area contributed by atoms with Gasteiger partial charge in [-0.2, -0.15) is 0 Å². The van der Waals surface area contributed by atoms with Gasteiger partial charge in [-0.05, 0) is 37.3 Å². The molecule has 0 atom stereocenters. The van der Waals surface area contributed by atoms with Gasteiger partial charge in [0.25, 0.3) is 5.56 Å². The Bertz CT molecular complexity index is 593. The molecule has 0 saturated carbocycles. The van der Waals surface area contributed by atoms with Gasteiger partial charge in [-0.15, -0.1) is 0 Å². The zero-order chi connectivity index (χ0) is 12.6. The van der Waals surface area contributed by atoms with Crippen molar-refractivity contribution in [1.82, 2.24) is 4.57 Å². The lowest BCUT2D eigenvalue weighted by atomic mass is 10.0. The van der Waals surface area contributed by atoms with Crippen molar-refractivity contribution < 1.29 is 0 Å². The van der Waals surface area contributed by atoms with E-state index in [1.807, 2.05) is 28.8 Å². The van der Waals surface area contributed by atoms with E-state index in [9.17, 15) is 4.79 Å². The van der Waals surface area contributed by atoms with Crippen LogP contribution in [0, 0.1) is 0 Å². The SMILES string of the molecule is CC(C)c1cc2ccccc2c(=O)n1C(C)C. The second-order valence-electron chi connectivity index (χ2n) is 5.08. The predicted octanol–water partition coefficient (Wildman–Crippen LogP) is 3.71. The highest BCUT2D eigenvalue weighted by Gasteiger charge is 2.13. The van der Waals surface area contributed by atoms with Crippen LogP contribution >= 0.6 is 0 Å². The first kappa shape index (κ1) is 11.9. The molecule has 2 rings (SSSR count). The van der Waals surface area contributed by atoms with Crippen LogP contribution in [0.25, 0.3) is 10.8 Å². The average Bonchev–Trinajstić information content (AvgIpc) is 2.28. The Morgan fingerprint density at radius 2 is 1.71 bits per heavy atom. The highest BCUT2D eigenvalue weighted by atomic mass is 16.1. The second-order valence-corrected chi connectivity index (χ2v) is 5.08. The fourth-order valence-corrected chi connectivity index (χ4v) is 2.27. The minimum absolute atomic E-state index is 0.127. The van der Waals surface area contributed by atoms with E-state index in [1.165, 1.54) is 0 Å². The average molecular weight is 229 g/mol. The van der Waals surface area contributed by atoms with Gasteiger partial charge in [0.2, 0.25) is 0 Å². The highest BCUT2D eigenvalue weighted by Crippen LogP contribution is 2.21. The van der Waals surface area contributed by atoms with Crippen LogP contribution in [-0.4, -0.2) is 4.57 Å². The van der Waals surface area contributed by atoms with Gasteiger partial charge in [0.1, 0.15) is 0 Å². The van der Waals surface area contributed by atoms with Gasteiger partial charge in [0.15, 0.2) is 0 Å². The summed E-state index contributed by atoms with van der Waals surface area (Å²) >= 11 is 0. The summed E-state index contributed by atoms with van der Waals surface area (Å²) in [6.07, 6.45) is 0. The molecule has 17 heavy (non-hydrogen) atoms. The first-order valence-corrected chi connectivity index (χ1v) is 6.16. The maximum atomic E-state index is 12.5. The quantitative estimate of drug-likeness (QED) is 0.769. The molecule has 2 aromatic rings. The lowest BCUT2D eigenvalue weighted by Crippen LogP contribution is -2.26. The van der Waals surface area contributed by atoms with Crippen LogP contribution in [-0.2, 0) is 0 Å². The molecule has 0 N–H and O–H groups in total. The van der Waals surface area contributed by atoms with Crippen molar-refractivity contribution in [3.63, 3.8) is 0 Å². The van der Waals surface area contributed by atoms with E-state index in [1.54, 1.807) is 0 Å². The van der Waals surface area contributed by atoms with E-state index < -0.39 is 0 Å². The van der Waals surface area contributed by atoms with Gasteiger partial charge in [0, 0.05) is 17.1 Å². The monoisotopic (exact) mass is 229 g/mol. The van der Waals surface area contributed by atoms with Crippen LogP contribution in [0.5, 0.6) is 0 Å². The molecule has 2 heteroatoms. The van der Waals surface area contributed by atoms with Crippen molar-refractivity contribution in [1.29, 1.82) is 0 Å². The molecule has 2 nitrogen and oxygen atoms in total. The summed E-state index contributed by atoms with van der Waals surface area (Å²) in [7, 11) is 0. The third kappa shape index (κ3) is 1.99. The highest BCUT2D eigenvalue weighted by molar-refractivity contribution is 5.82. The second kappa shape index (κ2) is 4.36. The Morgan fingerprint density at radius 3 is 2.29 bits per heavy atom. The molecule has 90 valence electrons. The van der Waals surface area contributed by atoms with E-state index in [-0.39, 0.29) is 11.6 Å². The van der Waals surface area contributed by atoms with Crippen LogP contribution in [0.2, 0.25) is 0 Å². The maximum Gasteiger partial charge on any atom is 0.258 e. The summed E-state index contributed by atoms with van der Waals surface area (Å²) in [4.78, 5) is 12.5. The number of nitrogens with zero attached hydrogens (tertiary/aromatic N) is 1. The minimum Gasteiger partial charge on any atom is -0.309 e. The third-order valence-electron chi connectivity index (χ3n) is 3.10. The summed E-state index contributed by atoms with van der Waals surface area (Å²) < 4.78 is 1.91. The van der Waals surface area contributed by atoms with Gasteiger partial charge >= 0.3 is 0 Å². The molecule has 0 unspecified atom stereocenters. The first-order chi connectivity index (χ1) is 8.02. The number of aromatic nitrogens is 1. The molecule has 0 spiro atoms. The van der Waals surface area contributed by atoms with Gasteiger partial charge in [-0.1, -0.05) is 32.0 Å². The van der Waals surface area contributed by atoms with Crippen LogP contribution in [0.1, 0.15) is 45.3 Å². The van der Waals surface area contributed by atoms with E-state index in [0.29, 0.717) is 5.92 Å². The fourth-order valence-electron chi connectivity index (χ4n) is 2.27. The van der Waals surface area contributed by atoms with Crippen molar-refractivity contribution in [2.75, 3.05) is 0 Å². The Kier molecular flexibility index (Phi) is 3.05. The summed E-state index contributed by atoms with van der Waals surface area (Å²) in [5.74, 6) is 0.356. The molecule has 0 fully saturated rings. The third-order valence-corrected chi connectivity index (χ3v) is 3.10. The summed E-state index contributed by atoms with van der Waals surface area (Å²) in [6, 6.07) is 10.1. The van der Waals surface area contributed by atoms with Crippen molar-refractivity contribution >= 4 is 10.8 Å². The largest absolute Gasteiger partial charge is 0.309 e.